The fourth-order valence-corrected chi connectivity index (χ4v) is 3.33. The van der Waals surface area contributed by atoms with Crippen LogP contribution in [0.4, 0.5) is 0 Å². The quantitative estimate of drug-likeness (QED) is 0.859. The first-order valence-corrected chi connectivity index (χ1v) is 6.96. The molecule has 0 spiro atoms. The summed E-state index contributed by atoms with van der Waals surface area (Å²) >= 11 is 4.84. The summed E-state index contributed by atoms with van der Waals surface area (Å²) in [6.45, 7) is 1.51. The van der Waals surface area contributed by atoms with Gasteiger partial charge in [0.1, 0.15) is 4.88 Å². The number of carbonyl (C=O) groups is 1. The number of halogens is 1. The highest BCUT2D eigenvalue weighted by atomic mass is 79.9. The van der Waals surface area contributed by atoms with Gasteiger partial charge in [0.2, 0.25) is 0 Å². The molecular weight excluding hydrogens is 290 g/mol. The lowest BCUT2D eigenvalue weighted by Gasteiger charge is -2.20. The van der Waals surface area contributed by atoms with Crippen LogP contribution in [0, 0.1) is 0 Å². The van der Waals surface area contributed by atoms with E-state index in [2.05, 4.69) is 15.9 Å². The van der Waals surface area contributed by atoms with E-state index in [0.29, 0.717) is 6.54 Å². The van der Waals surface area contributed by atoms with Crippen molar-refractivity contribution >= 4 is 33.2 Å². The zero-order chi connectivity index (χ0) is 11.5. The van der Waals surface area contributed by atoms with Crippen LogP contribution >= 0.6 is 27.3 Å². The van der Waals surface area contributed by atoms with Gasteiger partial charge in [-0.2, -0.15) is 0 Å². The number of rotatable bonds is 3. The molecule has 1 aliphatic heterocycles. The molecule has 1 fully saturated rings. The molecule has 1 aliphatic rings. The normalized spacial score (nSPS) is 20.0. The van der Waals surface area contributed by atoms with Crippen LogP contribution in [0.1, 0.15) is 22.5 Å². The molecule has 0 aliphatic carbocycles. The van der Waals surface area contributed by atoms with Gasteiger partial charge in [0.15, 0.2) is 0 Å². The minimum absolute atomic E-state index is 0.0670. The lowest BCUT2D eigenvalue weighted by atomic mass is 10.2. The number of hydrogen-bond acceptors (Lipinski definition) is 3. The van der Waals surface area contributed by atoms with Gasteiger partial charge in [-0.1, -0.05) is 0 Å². The van der Waals surface area contributed by atoms with E-state index < -0.39 is 0 Å². The molecule has 1 amide bonds. The van der Waals surface area contributed by atoms with E-state index in [-0.39, 0.29) is 12.0 Å². The highest BCUT2D eigenvalue weighted by Gasteiger charge is 2.22. The zero-order valence-corrected chi connectivity index (χ0v) is 11.5. The predicted molar refractivity (Wildman–Crippen MR) is 68.0 cm³/mol. The Morgan fingerprint density at radius 2 is 2.56 bits per heavy atom. The van der Waals surface area contributed by atoms with E-state index >= 15 is 0 Å². The smallest absolute Gasteiger partial charge is 0.264 e. The summed E-state index contributed by atoms with van der Waals surface area (Å²) in [6, 6.07) is 1.90. The predicted octanol–water partition coefficient (Wildman–Crippen LogP) is 2.76. The Kier molecular flexibility index (Phi) is 4.00. The van der Waals surface area contributed by atoms with Gasteiger partial charge in [-0.25, -0.2) is 0 Å². The van der Waals surface area contributed by atoms with E-state index in [1.807, 2.05) is 18.5 Å². The van der Waals surface area contributed by atoms with Crippen LogP contribution < -0.4 is 0 Å². The number of amides is 1. The van der Waals surface area contributed by atoms with Gasteiger partial charge in [0.05, 0.1) is 6.10 Å². The van der Waals surface area contributed by atoms with Gasteiger partial charge in [0.25, 0.3) is 5.91 Å². The van der Waals surface area contributed by atoms with E-state index in [1.165, 1.54) is 11.3 Å². The average molecular weight is 304 g/mol. The van der Waals surface area contributed by atoms with Crippen LogP contribution in [0.5, 0.6) is 0 Å². The molecule has 3 nitrogen and oxygen atoms in total. The van der Waals surface area contributed by atoms with Crippen LogP contribution in [0.15, 0.2) is 15.9 Å². The Morgan fingerprint density at radius 1 is 1.75 bits per heavy atom. The largest absolute Gasteiger partial charge is 0.376 e. The lowest BCUT2D eigenvalue weighted by molar-refractivity contribution is 0.0590. The first kappa shape index (κ1) is 12.1. The summed E-state index contributed by atoms with van der Waals surface area (Å²) in [5.74, 6) is 0.0670. The summed E-state index contributed by atoms with van der Waals surface area (Å²) in [6.07, 6.45) is 2.38. The van der Waals surface area contributed by atoms with Crippen molar-refractivity contribution in [2.45, 2.75) is 18.9 Å². The maximum Gasteiger partial charge on any atom is 0.264 e. The van der Waals surface area contributed by atoms with Crippen molar-refractivity contribution < 1.29 is 9.53 Å². The molecule has 0 saturated carbocycles. The highest BCUT2D eigenvalue weighted by molar-refractivity contribution is 9.10. The van der Waals surface area contributed by atoms with Gasteiger partial charge in [-0.3, -0.25) is 4.79 Å². The van der Waals surface area contributed by atoms with E-state index in [0.717, 1.165) is 28.8 Å². The second-order valence-corrected chi connectivity index (χ2v) is 5.69. The van der Waals surface area contributed by atoms with Crippen molar-refractivity contribution in [2.75, 3.05) is 20.2 Å². The standard InChI is InChI=1S/C11H14BrNO2S/c1-13(7-8-3-2-5-15-8)11(14)10-9(12)4-6-16-10/h4,6,8H,2-3,5,7H2,1H3. The molecule has 1 aromatic rings. The topological polar surface area (TPSA) is 29.5 Å². The molecule has 0 radical (unpaired) electrons. The molecular formula is C11H14BrNO2S. The summed E-state index contributed by atoms with van der Waals surface area (Å²) in [4.78, 5) is 14.6. The molecule has 1 unspecified atom stereocenters. The fraction of sp³-hybridized carbons (Fsp3) is 0.545. The number of likely N-dealkylation sites (N-methyl/N-ethyl adjacent to an activating group) is 1. The molecule has 1 atom stereocenters. The van der Waals surface area contributed by atoms with Crippen LogP contribution in [0.2, 0.25) is 0 Å². The molecule has 1 aromatic heterocycles. The molecule has 16 heavy (non-hydrogen) atoms. The van der Waals surface area contributed by atoms with Crippen molar-refractivity contribution in [3.05, 3.63) is 20.8 Å². The van der Waals surface area contributed by atoms with Crippen LogP contribution in [-0.4, -0.2) is 37.1 Å². The highest BCUT2D eigenvalue weighted by Crippen LogP contribution is 2.24. The van der Waals surface area contributed by atoms with Crippen LogP contribution in [0.25, 0.3) is 0 Å². The van der Waals surface area contributed by atoms with Gasteiger partial charge >= 0.3 is 0 Å². The number of thiophene rings is 1. The lowest BCUT2D eigenvalue weighted by Crippen LogP contribution is -2.33. The van der Waals surface area contributed by atoms with Gasteiger partial charge in [0, 0.05) is 24.7 Å². The molecule has 1 saturated heterocycles. The molecule has 88 valence electrons. The number of hydrogen-bond donors (Lipinski definition) is 0. The van der Waals surface area contributed by atoms with Crippen LogP contribution in [-0.2, 0) is 4.74 Å². The number of ether oxygens (including phenoxy) is 1. The Labute approximate surface area is 108 Å². The molecule has 0 aromatic carbocycles. The SMILES string of the molecule is CN(CC1CCCO1)C(=O)c1sccc1Br. The number of carbonyl (C=O) groups excluding carboxylic acids is 1. The third kappa shape index (κ3) is 2.64. The van der Waals surface area contributed by atoms with Crippen molar-refractivity contribution in [3.8, 4) is 0 Å². The second kappa shape index (κ2) is 5.29. The summed E-state index contributed by atoms with van der Waals surface area (Å²) in [5, 5.41) is 1.91. The molecule has 2 heterocycles. The van der Waals surface area contributed by atoms with E-state index in [4.69, 9.17) is 4.74 Å². The molecule has 0 bridgehead atoms. The van der Waals surface area contributed by atoms with Crippen molar-refractivity contribution in [1.82, 2.24) is 4.90 Å². The summed E-state index contributed by atoms with van der Waals surface area (Å²) in [5.41, 5.74) is 0. The third-order valence-electron chi connectivity index (χ3n) is 2.66. The second-order valence-electron chi connectivity index (χ2n) is 3.92. The summed E-state index contributed by atoms with van der Waals surface area (Å²) < 4.78 is 6.40. The Bertz CT molecular complexity index is 374. The zero-order valence-electron chi connectivity index (χ0n) is 9.11. The third-order valence-corrected chi connectivity index (χ3v) is 4.49. The first-order chi connectivity index (χ1) is 7.68. The Morgan fingerprint density at radius 3 is 3.12 bits per heavy atom. The van der Waals surface area contributed by atoms with Crippen molar-refractivity contribution in [2.24, 2.45) is 0 Å². The maximum absolute atomic E-state index is 12.1. The monoisotopic (exact) mass is 303 g/mol. The fourth-order valence-electron chi connectivity index (χ4n) is 1.80. The molecule has 0 N–H and O–H groups in total. The van der Waals surface area contributed by atoms with Crippen LogP contribution in [0.3, 0.4) is 0 Å². The van der Waals surface area contributed by atoms with Gasteiger partial charge < -0.3 is 9.64 Å². The average Bonchev–Trinajstić information content (AvgIpc) is 2.88. The Hall–Kier alpha value is -0.390. The first-order valence-electron chi connectivity index (χ1n) is 5.28. The Balaban J connectivity index is 1.96. The molecule has 2 rings (SSSR count). The van der Waals surface area contributed by atoms with Crippen molar-refractivity contribution in [1.29, 1.82) is 0 Å². The minimum atomic E-state index is 0.0670. The van der Waals surface area contributed by atoms with E-state index in [1.54, 1.807) is 4.90 Å². The maximum atomic E-state index is 12.1. The van der Waals surface area contributed by atoms with Gasteiger partial charge in [-0.05, 0) is 40.2 Å². The number of nitrogens with zero attached hydrogens (tertiary/aromatic N) is 1. The van der Waals surface area contributed by atoms with Gasteiger partial charge in [-0.15, -0.1) is 11.3 Å². The minimum Gasteiger partial charge on any atom is -0.376 e. The summed E-state index contributed by atoms with van der Waals surface area (Å²) in [7, 11) is 1.83. The van der Waals surface area contributed by atoms with Crippen molar-refractivity contribution in [3.63, 3.8) is 0 Å². The molecule has 5 heteroatoms. The van der Waals surface area contributed by atoms with E-state index in [9.17, 15) is 4.79 Å².